The number of aldehydes is 2. The topological polar surface area (TPSA) is 100 Å². The third-order valence-corrected chi connectivity index (χ3v) is 7.02. The van der Waals surface area contributed by atoms with Crippen LogP contribution in [0, 0.1) is 12.8 Å². The van der Waals surface area contributed by atoms with Crippen molar-refractivity contribution in [3.8, 4) is 5.75 Å². The minimum absolute atomic E-state index is 0.136. The van der Waals surface area contributed by atoms with Crippen molar-refractivity contribution in [2.75, 3.05) is 67.6 Å². The number of hydrogen-bond acceptors (Lipinski definition) is 8. The van der Waals surface area contributed by atoms with Crippen molar-refractivity contribution in [1.82, 2.24) is 20.4 Å². The van der Waals surface area contributed by atoms with E-state index >= 15 is 0 Å². The molecule has 1 fully saturated rings. The highest BCUT2D eigenvalue weighted by Crippen LogP contribution is 2.36. The Morgan fingerprint density at radius 2 is 1.95 bits per heavy atom. The molecule has 0 radical (unpaired) electrons. The number of allylic oxidation sites excluding steroid dienone is 3. The molecule has 1 heterocycles. The summed E-state index contributed by atoms with van der Waals surface area (Å²) in [6.07, 6.45) is 7.03. The zero-order valence-corrected chi connectivity index (χ0v) is 25.4. The lowest BCUT2D eigenvalue weighted by Gasteiger charge is -2.20. The van der Waals surface area contributed by atoms with Crippen LogP contribution >= 0.6 is 0 Å². The van der Waals surface area contributed by atoms with Gasteiger partial charge < -0.3 is 34.7 Å². The smallest absolute Gasteiger partial charge is 0.207 e. The highest BCUT2D eigenvalue weighted by molar-refractivity contribution is 5.79. The van der Waals surface area contributed by atoms with E-state index in [4.69, 9.17) is 9.47 Å². The normalized spacial score (nSPS) is 16.8. The first-order valence-electron chi connectivity index (χ1n) is 13.9. The van der Waals surface area contributed by atoms with Crippen molar-refractivity contribution >= 4 is 25.1 Å². The Morgan fingerprint density at radius 1 is 1.20 bits per heavy atom. The second kappa shape index (κ2) is 17.3. The molecule has 1 amide bonds. The number of benzene rings is 1. The number of amides is 1. The lowest BCUT2D eigenvalue weighted by molar-refractivity contribution is -0.110. The summed E-state index contributed by atoms with van der Waals surface area (Å²) in [6, 6.07) is 4.08. The van der Waals surface area contributed by atoms with Crippen molar-refractivity contribution in [3.63, 3.8) is 0 Å². The Morgan fingerprint density at radius 3 is 2.56 bits per heavy atom. The van der Waals surface area contributed by atoms with E-state index in [9.17, 15) is 14.4 Å². The van der Waals surface area contributed by atoms with Gasteiger partial charge in [-0.15, -0.1) is 0 Å². The van der Waals surface area contributed by atoms with Gasteiger partial charge in [0, 0.05) is 69.6 Å². The van der Waals surface area contributed by atoms with E-state index in [1.807, 2.05) is 40.2 Å². The molecular weight excluding hydrogens is 520 g/mol. The summed E-state index contributed by atoms with van der Waals surface area (Å²) in [7, 11) is 7.58. The Balaban J connectivity index is 2.45. The molecule has 1 unspecified atom stereocenters. The number of aryl methyl sites for hydroxylation is 1. The summed E-state index contributed by atoms with van der Waals surface area (Å²) in [5.74, 6) is 0.416. The van der Waals surface area contributed by atoms with Gasteiger partial charge in [0.1, 0.15) is 24.9 Å². The molecule has 2 N–H and O–H groups in total. The average molecular weight is 567 g/mol. The van der Waals surface area contributed by atoms with Crippen molar-refractivity contribution in [3.05, 3.63) is 69.5 Å². The molecule has 0 bridgehead atoms. The highest BCUT2D eigenvalue weighted by Gasteiger charge is 2.26. The van der Waals surface area contributed by atoms with Crippen LogP contribution in [0.2, 0.25) is 0 Å². The van der Waals surface area contributed by atoms with E-state index < -0.39 is 5.92 Å². The summed E-state index contributed by atoms with van der Waals surface area (Å²) in [5.41, 5.74) is 7.21. The average Bonchev–Trinajstić information content (AvgIpc) is 3.21. The van der Waals surface area contributed by atoms with Crippen LogP contribution in [-0.4, -0.2) is 96.4 Å². The lowest BCUT2D eigenvalue weighted by atomic mass is 9.91. The predicted molar refractivity (Wildman–Crippen MR) is 164 cm³/mol. The first kappa shape index (κ1) is 33.7. The lowest BCUT2D eigenvalue weighted by Crippen LogP contribution is -2.29. The molecule has 0 spiro atoms. The van der Waals surface area contributed by atoms with Gasteiger partial charge in [-0.3, -0.25) is 9.59 Å². The number of methoxy groups -OCH3 is 1. The second-order valence-electron chi connectivity index (χ2n) is 10.4. The van der Waals surface area contributed by atoms with Crippen LogP contribution in [0.15, 0.2) is 52.8 Å². The van der Waals surface area contributed by atoms with Gasteiger partial charge >= 0.3 is 0 Å². The molecule has 41 heavy (non-hydrogen) atoms. The third-order valence-electron chi connectivity index (χ3n) is 7.02. The SMILES string of the molecule is C=C1/C(=C/C(=C(\C=O)COC)C(C=O)CC)N(C)C/C1=C/c1c(C)ccc(OCCNCCNC=O)c1CN(C)C. The molecule has 1 aromatic carbocycles. The van der Waals surface area contributed by atoms with Gasteiger partial charge in [0.25, 0.3) is 0 Å². The van der Waals surface area contributed by atoms with Crippen LogP contribution in [0.25, 0.3) is 6.08 Å². The molecule has 1 atom stereocenters. The Hall–Kier alpha value is -3.53. The zero-order valence-electron chi connectivity index (χ0n) is 25.4. The Kier molecular flexibility index (Phi) is 14.2. The van der Waals surface area contributed by atoms with Crippen LogP contribution in [-0.2, 0) is 25.7 Å². The molecule has 9 nitrogen and oxygen atoms in total. The predicted octanol–water partition coefficient (Wildman–Crippen LogP) is 2.91. The van der Waals surface area contributed by atoms with E-state index in [0.29, 0.717) is 63.3 Å². The maximum atomic E-state index is 11.9. The van der Waals surface area contributed by atoms with Gasteiger partial charge in [-0.05, 0) is 73.5 Å². The monoisotopic (exact) mass is 566 g/mol. The number of ether oxygens (including phenoxy) is 2. The fourth-order valence-electron chi connectivity index (χ4n) is 4.81. The molecule has 0 aromatic heterocycles. The molecule has 1 aliphatic heterocycles. The Bertz CT molecular complexity index is 1170. The minimum atomic E-state index is -0.411. The van der Waals surface area contributed by atoms with Gasteiger partial charge in [0.05, 0.1) is 6.61 Å². The fraction of sp³-hybridized carbons (Fsp3) is 0.469. The molecule has 0 saturated carbocycles. The Labute approximate surface area is 244 Å². The number of likely N-dealkylation sites (N-methyl/N-ethyl adjacent to an activating group) is 1. The quantitative estimate of drug-likeness (QED) is 0.159. The van der Waals surface area contributed by atoms with Gasteiger partial charge in [0.15, 0.2) is 0 Å². The largest absolute Gasteiger partial charge is 0.492 e. The van der Waals surface area contributed by atoms with Crippen LogP contribution in [0.3, 0.4) is 0 Å². The van der Waals surface area contributed by atoms with Gasteiger partial charge in [-0.2, -0.15) is 0 Å². The summed E-state index contributed by atoms with van der Waals surface area (Å²) in [4.78, 5) is 38.4. The van der Waals surface area contributed by atoms with Crippen molar-refractivity contribution in [2.24, 2.45) is 5.92 Å². The summed E-state index contributed by atoms with van der Waals surface area (Å²) >= 11 is 0. The van der Waals surface area contributed by atoms with E-state index in [1.54, 1.807) is 0 Å². The summed E-state index contributed by atoms with van der Waals surface area (Å²) in [5, 5.41) is 5.89. The number of carbonyl (C=O) groups excluding carboxylic acids is 3. The molecular formula is C32H46N4O5. The van der Waals surface area contributed by atoms with E-state index in [0.717, 1.165) is 51.9 Å². The van der Waals surface area contributed by atoms with Crippen molar-refractivity contribution in [2.45, 2.75) is 26.8 Å². The van der Waals surface area contributed by atoms with E-state index in [2.05, 4.69) is 46.1 Å². The zero-order chi connectivity index (χ0) is 30.4. The number of nitrogens with zero attached hydrogens (tertiary/aromatic N) is 2. The van der Waals surface area contributed by atoms with Crippen LogP contribution in [0.4, 0.5) is 0 Å². The summed E-state index contributed by atoms with van der Waals surface area (Å²) < 4.78 is 11.4. The fourth-order valence-corrected chi connectivity index (χ4v) is 4.81. The first-order chi connectivity index (χ1) is 19.7. The van der Waals surface area contributed by atoms with Crippen molar-refractivity contribution in [1.29, 1.82) is 0 Å². The van der Waals surface area contributed by atoms with Gasteiger partial charge in [-0.25, -0.2) is 0 Å². The number of carbonyl (C=O) groups is 3. The molecule has 1 aromatic rings. The van der Waals surface area contributed by atoms with E-state index in [1.165, 1.54) is 7.11 Å². The molecule has 1 saturated heterocycles. The highest BCUT2D eigenvalue weighted by atomic mass is 16.5. The second-order valence-corrected chi connectivity index (χ2v) is 10.4. The number of hydrogen-bond donors (Lipinski definition) is 2. The molecule has 2 rings (SSSR count). The number of nitrogens with one attached hydrogen (secondary N) is 2. The van der Waals surface area contributed by atoms with Crippen LogP contribution in [0.1, 0.15) is 30.0 Å². The standard InChI is InChI=1S/C32H46N4O5/c1-8-25(19-37)29(27(20-38)21-40-7)16-31-24(3)26(17-36(31)6)15-28-23(2)9-10-32(30(28)18-35(4)5)41-14-13-33-11-12-34-22-39/h9-10,15-16,19-20,22,25,33H,3,8,11-14,17-18,21H2,1-2,4-7H3,(H,34,39)/b26-15-,29-27-,31-16-. The molecule has 0 aliphatic carbocycles. The van der Waals surface area contributed by atoms with Gasteiger partial charge in [0.2, 0.25) is 6.41 Å². The first-order valence-corrected chi connectivity index (χ1v) is 13.9. The van der Waals surface area contributed by atoms with Crippen LogP contribution < -0.4 is 15.4 Å². The van der Waals surface area contributed by atoms with Crippen molar-refractivity contribution < 1.29 is 23.9 Å². The molecule has 224 valence electrons. The minimum Gasteiger partial charge on any atom is -0.492 e. The maximum Gasteiger partial charge on any atom is 0.207 e. The van der Waals surface area contributed by atoms with Gasteiger partial charge in [-0.1, -0.05) is 19.6 Å². The summed E-state index contributed by atoms with van der Waals surface area (Å²) in [6.45, 7) is 12.3. The third kappa shape index (κ3) is 9.52. The van der Waals surface area contributed by atoms with E-state index in [-0.39, 0.29) is 6.61 Å². The number of rotatable bonds is 18. The number of likely N-dealkylation sites (tertiary alicyclic amines) is 1. The molecule has 9 heteroatoms. The maximum absolute atomic E-state index is 11.9. The molecule has 1 aliphatic rings. The van der Waals surface area contributed by atoms with Crippen LogP contribution in [0.5, 0.6) is 5.75 Å².